The van der Waals surface area contributed by atoms with Gasteiger partial charge in [0.15, 0.2) is 0 Å². The van der Waals surface area contributed by atoms with Crippen LogP contribution in [-0.2, 0) is 4.79 Å². The summed E-state index contributed by atoms with van der Waals surface area (Å²) >= 11 is 0. The third kappa shape index (κ3) is 1.65. The molecule has 0 spiro atoms. The summed E-state index contributed by atoms with van der Waals surface area (Å²) in [6, 6.07) is 0. The highest BCUT2D eigenvalue weighted by molar-refractivity contribution is 5.70. The van der Waals surface area contributed by atoms with E-state index in [2.05, 4.69) is 13.8 Å². The fourth-order valence-corrected chi connectivity index (χ4v) is 3.95. The Morgan fingerprint density at radius 3 is 2.12 bits per heavy atom. The van der Waals surface area contributed by atoms with E-state index < -0.39 is 11.6 Å². The van der Waals surface area contributed by atoms with Gasteiger partial charge in [-0.2, -0.15) is 0 Å². The van der Waals surface area contributed by atoms with E-state index in [1.165, 1.54) is 0 Å². The maximum Gasteiger partial charge on any atom is 0.306 e. The number of hydrogen-bond donors (Lipinski definition) is 2. The van der Waals surface area contributed by atoms with Gasteiger partial charge < -0.3 is 10.2 Å². The largest absolute Gasteiger partial charge is 0.481 e. The Labute approximate surface area is 96.9 Å². The second-order valence-corrected chi connectivity index (χ2v) is 5.87. The van der Waals surface area contributed by atoms with Crippen LogP contribution in [0.2, 0.25) is 0 Å². The van der Waals surface area contributed by atoms with Crippen LogP contribution in [0.1, 0.15) is 46.0 Å². The summed E-state index contributed by atoms with van der Waals surface area (Å²) in [5, 5.41) is 20.0. The first-order chi connectivity index (χ1) is 7.46. The summed E-state index contributed by atoms with van der Waals surface area (Å²) in [7, 11) is 0. The molecule has 0 heterocycles. The molecule has 2 atom stereocenters. The molecule has 92 valence electrons. The van der Waals surface area contributed by atoms with E-state index in [1.807, 2.05) is 0 Å². The van der Waals surface area contributed by atoms with Crippen LogP contribution in [0.25, 0.3) is 0 Å². The molecule has 0 radical (unpaired) electrons. The van der Waals surface area contributed by atoms with Gasteiger partial charge in [0.05, 0.1) is 11.5 Å². The highest BCUT2D eigenvalue weighted by Crippen LogP contribution is 2.52. The van der Waals surface area contributed by atoms with Crippen LogP contribution in [0.5, 0.6) is 0 Å². The lowest BCUT2D eigenvalue weighted by Crippen LogP contribution is -2.56. The SMILES string of the molecule is CC(C)C1(O)C2CCCC1CC(C(=O)O)C2. The summed E-state index contributed by atoms with van der Waals surface area (Å²) in [6.45, 7) is 4.12. The van der Waals surface area contributed by atoms with Crippen LogP contribution < -0.4 is 0 Å². The maximum atomic E-state index is 11.1. The second kappa shape index (κ2) is 4.02. The Morgan fingerprint density at radius 1 is 1.25 bits per heavy atom. The summed E-state index contributed by atoms with van der Waals surface area (Å²) in [4.78, 5) is 11.1. The fourth-order valence-electron chi connectivity index (χ4n) is 3.95. The molecule has 2 bridgehead atoms. The van der Waals surface area contributed by atoms with Crippen LogP contribution in [0.3, 0.4) is 0 Å². The number of aliphatic carboxylic acids is 1. The van der Waals surface area contributed by atoms with Crippen molar-refractivity contribution in [1.82, 2.24) is 0 Å². The van der Waals surface area contributed by atoms with Gasteiger partial charge >= 0.3 is 5.97 Å². The molecule has 0 aromatic rings. The zero-order valence-corrected chi connectivity index (χ0v) is 10.1. The third-order valence-electron chi connectivity index (χ3n) is 4.83. The van der Waals surface area contributed by atoms with Gasteiger partial charge in [0.25, 0.3) is 0 Å². The Bertz CT molecular complexity index is 271. The monoisotopic (exact) mass is 226 g/mol. The van der Waals surface area contributed by atoms with Crippen molar-refractivity contribution in [2.24, 2.45) is 23.7 Å². The van der Waals surface area contributed by atoms with E-state index in [9.17, 15) is 9.90 Å². The quantitative estimate of drug-likeness (QED) is 0.759. The predicted molar refractivity (Wildman–Crippen MR) is 61.0 cm³/mol. The molecule has 2 N–H and O–H groups in total. The number of fused-ring (bicyclic) bond motifs is 2. The van der Waals surface area contributed by atoms with Gasteiger partial charge in [-0.1, -0.05) is 20.3 Å². The molecule has 0 amide bonds. The zero-order valence-electron chi connectivity index (χ0n) is 10.1. The van der Waals surface area contributed by atoms with E-state index >= 15 is 0 Å². The second-order valence-electron chi connectivity index (χ2n) is 5.87. The molecular formula is C13H22O3. The van der Waals surface area contributed by atoms with E-state index in [0.29, 0.717) is 12.8 Å². The molecule has 2 aliphatic rings. The van der Waals surface area contributed by atoms with Crippen molar-refractivity contribution in [1.29, 1.82) is 0 Å². The molecule has 0 saturated heterocycles. The number of carboxylic acid groups (broad SMARTS) is 1. The minimum atomic E-state index is -0.678. The van der Waals surface area contributed by atoms with Gasteiger partial charge in [-0.15, -0.1) is 0 Å². The van der Waals surface area contributed by atoms with Gasteiger partial charge in [0.2, 0.25) is 0 Å². The van der Waals surface area contributed by atoms with Gasteiger partial charge in [-0.25, -0.2) is 0 Å². The Balaban J connectivity index is 2.23. The average molecular weight is 226 g/mol. The van der Waals surface area contributed by atoms with Crippen LogP contribution in [0.4, 0.5) is 0 Å². The molecule has 2 rings (SSSR count). The molecule has 2 saturated carbocycles. The third-order valence-corrected chi connectivity index (χ3v) is 4.83. The van der Waals surface area contributed by atoms with Gasteiger partial charge in [-0.3, -0.25) is 4.79 Å². The van der Waals surface area contributed by atoms with E-state index in [1.54, 1.807) is 0 Å². The minimum absolute atomic E-state index is 0.195. The topological polar surface area (TPSA) is 57.5 Å². The lowest BCUT2D eigenvalue weighted by atomic mass is 9.55. The van der Waals surface area contributed by atoms with E-state index in [0.717, 1.165) is 19.3 Å². The van der Waals surface area contributed by atoms with Crippen LogP contribution >= 0.6 is 0 Å². The molecule has 0 aliphatic heterocycles. The summed E-state index contributed by atoms with van der Waals surface area (Å²) in [5.41, 5.74) is -0.607. The van der Waals surface area contributed by atoms with Crippen molar-refractivity contribution in [3.05, 3.63) is 0 Å². The van der Waals surface area contributed by atoms with Gasteiger partial charge in [0.1, 0.15) is 0 Å². The maximum absolute atomic E-state index is 11.1. The lowest BCUT2D eigenvalue weighted by molar-refractivity contribution is -0.173. The summed E-state index contributed by atoms with van der Waals surface area (Å²) < 4.78 is 0. The van der Waals surface area contributed by atoms with Crippen molar-refractivity contribution < 1.29 is 15.0 Å². The first kappa shape index (κ1) is 11.9. The summed E-state index contributed by atoms with van der Waals surface area (Å²) in [5.74, 6) is -0.281. The number of carbonyl (C=O) groups is 1. The summed E-state index contributed by atoms with van der Waals surface area (Å²) in [6.07, 6.45) is 4.47. The molecule has 0 aromatic carbocycles. The lowest BCUT2D eigenvalue weighted by Gasteiger charge is -2.53. The Morgan fingerprint density at radius 2 is 1.75 bits per heavy atom. The molecule has 2 fully saturated rings. The fraction of sp³-hybridized carbons (Fsp3) is 0.923. The minimum Gasteiger partial charge on any atom is -0.481 e. The zero-order chi connectivity index (χ0) is 11.9. The predicted octanol–water partition coefficient (Wildman–Crippen LogP) is 2.28. The number of hydrogen-bond acceptors (Lipinski definition) is 2. The van der Waals surface area contributed by atoms with E-state index in [-0.39, 0.29) is 23.7 Å². The highest BCUT2D eigenvalue weighted by atomic mass is 16.4. The smallest absolute Gasteiger partial charge is 0.306 e. The molecule has 2 aliphatic carbocycles. The van der Waals surface area contributed by atoms with Crippen molar-refractivity contribution in [2.75, 3.05) is 0 Å². The standard InChI is InChI=1S/C13H22O3/c1-8(2)13(16)10-4-3-5-11(13)7-9(6-10)12(14)15/h8-11,16H,3-7H2,1-2H3,(H,14,15). The molecule has 0 aromatic heterocycles. The number of rotatable bonds is 2. The first-order valence-corrected chi connectivity index (χ1v) is 6.41. The molecule has 16 heavy (non-hydrogen) atoms. The van der Waals surface area contributed by atoms with Crippen molar-refractivity contribution >= 4 is 5.97 Å². The molecule has 2 unspecified atom stereocenters. The van der Waals surface area contributed by atoms with Gasteiger partial charge in [0, 0.05) is 0 Å². The molecule has 3 heteroatoms. The molecular weight excluding hydrogens is 204 g/mol. The normalized spacial score (nSPS) is 43.4. The van der Waals surface area contributed by atoms with Crippen LogP contribution in [0.15, 0.2) is 0 Å². The Kier molecular flexibility index (Phi) is 2.99. The van der Waals surface area contributed by atoms with Gasteiger partial charge in [-0.05, 0) is 43.4 Å². The van der Waals surface area contributed by atoms with Crippen LogP contribution in [0, 0.1) is 23.7 Å². The van der Waals surface area contributed by atoms with Crippen molar-refractivity contribution in [3.63, 3.8) is 0 Å². The highest BCUT2D eigenvalue weighted by Gasteiger charge is 2.53. The van der Waals surface area contributed by atoms with Crippen molar-refractivity contribution in [2.45, 2.75) is 51.6 Å². The Hall–Kier alpha value is -0.570. The van der Waals surface area contributed by atoms with Crippen LogP contribution in [-0.4, -0.2) is 21.8 Å². The van der Waals surface area contributed by atoms with E-state index in [4.69, 9.17) is 5.11 Å². The number of aliphatic hydroxyl groups is 1. The average Bonchev–Trinajstić information content (AvgIpc) is 2.15. The molecule has 3 nitrogen and oxygen atoms in total. The number of carboxylic acids is 1. The van der Waals surface area contributed by atoms with Crippen molar-refractivity contribution in [3.8, 4) is 0 Å². The first-order valence-electron chi connectivity index (χ1n) is 6.41.